The number of ether oxygens (including phenoxy) is 3. The second-order valence-corrected chi connectivity index (χ2v) is 5.27. The molecule has 2 aromatic rings. The summed E-state index contributed by atoms with van der Waals surface area (Å²) >= 11 is 0. The molecule has 0 aliphatic carbocycles. The molecule has 7 nitrogen and oxygen atoms in total. The number of anilines is 2. The highest BCUT2D eigenvalue weighted by Gasteiger charge is 2.13. The van der Waals surface area contributed by atoms with E-state index in [0.29, 0.717) is 35.2 Å². The van der Waals surface area contributed by atoms with Gasteiger partial charge in [-0.3, -0.25) is 9.59 Å². The van der Waals surface area contributed by atoms with Crippen LogP contribution in [-0.4, -0.2) is 32.6 Å². The van der Waals surface area contributed by atoms with Crippen molar-refractivity contribution in [1.82, 2.24) is 0 Å². The Kier molecular flexibility index (Phi) is 6.84. The number of carbonyl (C=O) groups excluding carboxylic acids is 2. The molecule has 0 bridgehead atoms. The Hall–Kier alpha value is -3.22. The molecule has 2 amide bonds. The topological polar surface area (TPSA) is 85.9 Å². The molecule has 26 heavy (non-hydrogen) atoms. The summed E-state index contributed by atoms with van der Waals surface area (Å²) in [6, 6.07) is 12.0. The van der Waals surface area contributed by atoms with Gasteiger partial charge in [0.2, 0.25) is 11.8 Å². The molecule has 0 radical (unpaired) electrons. The van der Waals surface area contributed by atoms with Crippen molar-refractivity contribution in [2.24, 2.45) is 0 Å². The van der Waals surface area contributed by atoms with Gasteiger partial charge in [-0.15, -0.1) is 0 Å². The molecule has 0 saturated heterocycles. The van der Waals surface area contributed by atoms with Crippen LogP contribution in [0.25, 0.3) is 0 Å². The lowest BCUT2D eigenvalue weighted by Crippen LogP contribution is -2.21. The first-order chi connectivity index (χ1) is 12.6. The fourth-order valence-electron chi connectivity index (χ4n) is 2.31. The first-order valence-electron chi connectivity index (χ1n) is 8.11. The number of rotatable bonds is 8. The lowest BCUT2D eigenvalue weighted by Gasteiger charge is -2.12. The number of hydrogen-bond donors (Lipinski definition) is 2. The van der Waals surface area contributed by atoms with Crippen LogP contribution in [0.2, 0.25) is 0 Å². The second kappa shape index (κ2) is 9.31. The summed E-state index contributed by atoms with van der Waals surface area (Å²) < 4.78 is 15.8. The molecule has 0 atom stereocenters. The third-order valence-corrected chi connectivity index (χ3v) is 3.45. The summed E-state index contributed by atoms with van der Waals surface area (Å²) in [5.74, 6) is 0.721. The fourth-order valence-corrected chi connectivity index (χ4v) is 2.31. The highest BCUT2D eigenvalue weighted by Crippen LogP contribution is 2.29. The van der Waals surface area contributed by atoms with Crippen molar-refractivity contribution in [1.29, 1.82) is 0 Å². The van der Waals surface area contributed by atoms with E-state index in [1.54, 1.807) is 36.4 Å². The minimum absolute atomic E-state index is 0.325. The summed E-state index contributed by atoms with van der Waals surface area (Å²) in [4.78, 5) is 24.2. The van der Waals surface area contributed by atoms with Crippen molar-refractivity contribution >= 4 is 23.2 Å². The Morgan fingerprint density at radius 2 is 1.58 bits per heavy atom. The van der Waals surface area contributed by atoms with E-state index in [2.05, 4.69) is 10.6 Å². The van der Waals surface area contributed by atoms with Crippen LogP contribution in [0.3, 0.4) is 0 Å². The lowest BCUT2D eigenvalue weighted by molar-refractivity contribution is -0.123. The van der Waals surface area contributed by atoms with Crippen LogP contribution in [0.4, 0.5) is 11.4 Å². The van der Waals surface area contributed by atoms with E-state index < -0.39 is 11.8 Å². The van der Waals surface area contributed by atoms with Gasteiger partial charge in [0.25, 0.3) is 0 Å². The van der Waals surface area contributed by atoms with Gasteiger partial charge in [0.05, 0.1) is 26.5 Å². The monoisotopic (exact) mass is 358 g/mol. The summed E-state index contributed by atoms with van der Waals surface area (Å²) in [6.07, 6.45) is -0.325. The summed E-state index contributed by atoms with van der Waals surface area (Å²) in [5.41, 5.74) is 1.04. The number of nitrogens with one attached hydrogen (secondary N) is 2. The molecule has 0 fully saturated rings. The highest BCUT2D eigenvalue weighted by atomic mass is 16.5. The van der Waals surface area contributed by atoms with Crippen molar-refractivity contribution in [3.63, 3.8) is 0 Å². The van der Waals surface area contributed by atoms with E-state index in [9.17, 15) is 9.59 Å². The van der Waals surface area contributed by atoms with E-state index >= 15 is 0 Å². The zero-order valence-corrected chi connectivity index (χ0v) is 15.0. The van der Waals surface area contributed by atoms with Crippen LogP contribution in [0.15, 0.2) is 42.5 Å². The van der Waals surface area contributed by atoms with Crippen LogP contribution in [0.5, 0.6) is 17.2 Å². The molecular formula is C19H22N2O5. The van der Waals surface area contributed by atoms with Gasteiger partial charge in [0, 0.05) is 11.8 Å². The van der Waals surface area contributed by atoms with Gasteiger partial charge in [-0.25, -0.2) is 0 Å². The normalized spacial score (nSPS) is 9.96. The molecule has 2 rings (SSSR count). The van der Waals surface area contributed by atoms with Gasteiger partial charge in [-0.05, 0) is 31.2 Å². The SMILES string of the molecule is CCOc1ccccc1NC(=O)CC(=O)Nc1ccc(OC)c(OC)c1. The highest BCUT2D eigenvalue weighted by molar-refractivity contribution is 6.08. The van der Waals surface area contributed by atoms with Crippen molar-refractivity contribution in [3.05, 3.63) is 42.5 Å². The summed E-state index contributed by atoms with van der Waals surface area (Å²) in [7, 11) is 3.03. The van der Waals surface area contributed by atoms with Crippen molar-refractivity contribution in [2.45, 2.75) is 13.3 Å². The summed E-state index contributed by atoms with van der Waals surface area (Å²) in [6.45, 7) is 2.34. The van der Waals surface area contributed by atoms with Crippen molar-refractivity contribution in [2.75, 3.05) is 31.5 Å². The zero-order valence-electron chi connectivity index (χ0n) is 15.0. The largest absolute Gasteiger partial charge is 0.493 e. The van der Waals surface area contributed by atoms with Crippen LogP contribution in [-0.2, 0) is 9.59 Å². The van der Waals surface area contributed by atoms with Gasteiger partial charge >= 0.3 is 0 Å². The Balaban J connectivity index is 1.96. The third kappa shape index (κ3) is 5.14. The maximum atomic E-state index is 12.1. The number of benzene rings is 2. The average molecular weight is 358 g/mol. The molecule has 0 saturated carbocycles. The van der Waals surface area contributed by atoms with Gasteiger partial charge < -0.3 is 24.8 Å². The first-order valence-corrected chi connectivity index (χ1v) is 8.11. The number of methoxy groups -OCH3 is 2. The predicted molar refractivity (Wildman–Crippen MR) is 99.0 cm³/mol. The van der Waals surface area contributed by atoms with E-state index in [1.165, 1.54) is 14.2 Å². The van der Waals surface area contributed by atoms with Gasteiger partial charge in [-0.1, -0.05) is 12.1 Å². The van der Waals surface area contributed by atoms with Crippen LogP contribution in [0, 0.1) is 0 Å². The summed E-state index contributed by atoms with van der Waals surface area (Å²) in [5, 5.41) is 5.34. The molecular weight excluding hydrogens is 336 g/mol. The van der Waals surface area contributed by atoms with Gasteiger partial charge in [0.15, 0.2) is 11.5 Å². The second-order valence-electron chi connectivity index (χ2n) is 5.27. The maximum absolute atomic E-state index is 12.1. The predicted octanol–water partition coefficient (Wildman–Crippen LogP) is 3.07. The molecule has 2 aromatic carbocycles. The van der Waals surface area contributed by atoms with E-state index in [4.69, 9.17) is 14.2 Å². The molecule has 7 heteroatoms. The van der Waals surface area contributed by atoms with Crippen LogP contribution in [0.1, 0.15) is 13.3 Å². The van der Waals surface area contributed by atoms with E-state index in [-0.39, 0.29) is 6.42 Å². The Morgan fingerprint density at radius 1 is 0.885 bits per heavy atom. The van der Waals surface area contributed by atoms with Gasteiger partial charge in [0.1, 0.15) is 12.2 Å². The number of amides is 2. The molecule has 0 unspecified atom stereocenters. The van der Waals surface area contributed by atoms with E-state index in [0.717, 1.165) is 0 Å². The Bertz CT molecular complexity index is 776. The van der Waals surface area contributed by atoms with E-state index in [1.807, 2.05) is 13.0 Å². The number of para-hydroxylation sites is 2. The van der Waals surface area contributed by atoms with Crippen LogP contribution < -0.4 is 24.8 Å². The van der Waals surface area contributed by atoms with Gasteiger partial charge in [-0.2, -0.15) is 0 Å². The lowest BCUT2D eigenvalue weighted by atomic mass is 10.2. The van der Waals surface area contributed by atoms with Crippen LogP contribution >= 0.6 is 0 Å². The minimum Gasteiger partial charge on any atom is -0.493 e. The number of hydrogen-bond acceptors (Lipinski definition) is 5. The molecule has 138 valence electrons. The van der Waals surface area contributed by atoms with Crippen molar-refractivity contribution in [3.8, 4) is 17.2 Å². The minimum atomic E-state index is -0.441. The maximum Gasteiger partial charge on any atom is 0.233 e. The Morgan fingerprint density at radius 3 is 2.27 bits per heavy atom. The molecule has 0 heterocycles. The standard InChI is InChI=1S/C19H22N2O5/c1-4-26-15-8-6-5-7-14(15)21-19(23)12-18(22)20-13-9-10-16(24-2)17(11-13)25-3/h5-11H,4,12H2,1-3H3,(H,20,22)(H,21,23). The Labute approximate surface area is 152 Å². The zero-order chi connectivity index (χ0) is 18.9. The average Bonchev–Trinajstić information content (AvgIpc) is 2.63. The fraction of sp³-hybridized carbons (Fsp3) is 0.263. The molecule has 2 N–H and O–H groups in total. The molecule has 0 aromatic heterocycles. The quantitative estimate of drug-likeness (QED) is 0.708. The molecule has 0 aliphatic rings. The van der Waals surface area contributed by atoms with Crippen molar-refractivity contribution < 1.29 is 23.8 Å². The number of carbonyl (C=O) groups is 2. The third-order valence-electron chi connectivity index (χ3n) is 3.45. The molecule has 0 aliphatic heterocycles. The first kappa shape index (κ1) is 19.1. The molecule has 0 spiro atoms. The smallest absolute Gasteiger partial charge is 0.233 e.